The third-order valence-electron chi connectivity index (χ3n) is 5.53. The minimum atomic E-state index is -0.222. The van der Waals surface area contributed by atoms with Crippen molar-refractivity contribution in [3.63, 3.8) is 0 Å². The van der Waals surface area contributed by atoms with Gasteiger partial charge in [-0.3, -0.25) is 4.79 Å². The molecule has 0 radical (unpaired) electrons. The van der Waals surface area contributed by atoms with Gasteiger partial charge in [0.05, 0.1) is 33.9 Å². The molecule has 0 saturated heterocycles. The van der Waals surface area contributed by atoms with Crippen LogP contribution in [0.1, 0.15) is 42.9 Å². The predicted molar refractivity (Wildman–Crippen MR) is 113 cm³/mol. The molecule has 0 unspecified atom stereocenters. The Kier molecular flexibility index (Phi) is 6.77. The number of ether oxygens (including phenoxy) is 2. The molecule has 29 heavy (non-hydrogen) atoms. The fraction of sp³-hybridized carbons (Fsp3) is 0.435. The molecule has 6 heteroatoms. The molecule has 6 nitrogen and oxygen atoms in total. The molecular formula is C23H29NO5. The van der Waals surface area contributed by atoms with Crippen molar-refractivity contribution in [1.29, 1.82) is 0 Å². The Labute approximate surface area is 171 Å². The summed E-state index contributed by atoms with van der Waals surface area (Å²) in [5.41, 5.74) is 2.97. The summed E-state index contributed by atoms with van der Waals surface area (Å²) in [5.74, 6) is 1.25. The lowest BCUT2D eigenvalue weighted by atomic mass is 9.87. The summed E-state index contributed by atoms with van der Waals surface area (Å²) in [6.45, 7) is 3.00. The number of nitrogens with zero attached hydrogens (tertiary/aromatic N) is 1. The second-order valence-electron chi connectivity index (χ2n) is 7.23. The number of hydrogen-bond donors (Lipinski definition) is 2. The van der Waals surface area contributed by atoms with Gasteiger partial charge >= 0.3 is 0 Å². The van der Waals surface area contributed by atoms with Gasteiger partial charge in [-0.25, -0.2) is 0 Å². The van der Waals surface area contributed by atoms with E-state index in [0.717, 1.165) is 41.3 Å². The Bertz CT molecular complexity index is 929. The molecule has 0 aromatic heterocycles. The number of fused-ring (bicyclic) bond motifs is 1. The SMILES string of the molecule is CCCCN1CC=C(c2c(CO)c(CO)cc3cc(OC)c(OC)cc23)CC1=O. The highest BCUT2D eigenvalue weighted by Crippen LogP contribution is 2.40. The van der Waals surface area contributed by atoms with Crippen molar-refractivity contribution in [1.82, 2.24) is 4.90 Å². The van der Waals surface area contributed by atoms with E-state index < -0.39 is 0 Å². The predicted octanol–water partition coefficient (Wildman–Crippen LogP) is 3.26. The molecule has 2 aromatic rings. The van der Waals surface area contributed by atoms with Gasteiger partial charge in [-0.05, 0) is 57.7 Å². The van der Waals surface area contributed by atoms with Crippen LogP contribution in [0, 0.1) is 0 Å². The highest BCUT2D eigenvalue weighted by molar-refractivity contribution is 6.02. The molecule has 0 saturated carbocycles. The van der Waals surface area contributed by atoms with Crippen LogP contribution in [0.25, 0.3) is 16.3 Å². The molecule has 1 aliphatic heterocycles. The molecule has 0 spiro atoms. The number of aliphatic hydroxyl groups is 2. The number of hydrogen-bond acceptors (Lipinski definition) is 5. The minimum absolute atomic E-state index is 0.0860. The summed E-state index contributed by atoms with van der Waals surface area (Å²) in [4.78, 5) is 14.6. The molecule has 1 aliphatic rings. The first-order chi connectivity index (χ1) is 14.1. The number of carbonyl (C=O) groups is 1. The van der Waals surface area contributed by atoms with E-state index >= 15 is 0 Å². The third-order valence-corrected chi connectivity index (χ3v) is 5.53. The maximum Gasteiger partial charge on any atom is 0.227 e. The number of aliphatic hydroxyl groups excluding tert-OH is 2. The first-order valence-corrected chi connectivity index (χ1v) is 9.97. The number of amides is 1. The second kappa shape index (κ2) is 9.29. The van der Waals surface area contributed by atoms with Crippen molar-refractivity contribution in [2.75, 3.05) is 27.3 Å². The van der Waals surface area contributed by atoms with Crippen LogP contribution in [0.3, 0.4) is 0 Å². The van der Waals surface area contributed by atoms with Crippen molar-refractivity contribution in [2.45, 2.75) is 39.4 Å². The van der Waals surface area contributed by atoms with E-state index in [-0.39, 0.29) is 25.5 Å². The average Bonchev–Trinajstić information content (AvgIpc) is 2.75. The van der Waals surface area contributed by atoms with Crippen molar-refractivity contribution < 1.29 is 24.5 Å². The molecule has 0 aliphatic carbocycles. The number of rotatable bonds is 8. The molecule has 1 amide bonds. The van der Waals surface area contributed by atoms with Crippen LogP contribution in [0.15, 0.2) is 24.3 Å². The molecule has 0 bridgehead atoms. The van der Waals surface area contributed by atoms with Crippen molar-refractivity contribution in [2.24, 2.45) is 0 Å². The van der Waals surface area contributed by atoms with E-state index in [2.05, 4.69) is 13.0 Å². The molecule has 3 rings (SSSR count). The standard InChI is InChI=1S/C23H29NO5/c1-4-5-7-24-8-6-15(11-22(24)27)23-18-12-21(29-3)20(28-2)10-16(18)9-17(13-25)19(23)14-26/h6,9-10,12,25-26H,4-5,7-8,11,13-14H2,1-3H3. The summed E-state index contributed by atoms with van der Waals surface area (Å²) >= 11 is 0. The maximum absolute atomic E-state index is 12.7. The molecule has 0 fully saturated rings. The van der Waals surface area contributed by atoms with Gasteiger partial charge in [-0.1, -0.05) is 19.4 Å². The normalized spacial score (nSPS) is 14.3. The van der Waals surface area contributed by atoms with Crippen LogP contribution in [-0.4, -0.2) is 48.3 Å². The van der Waals surface area contributed by atoms with Gasteiger partial charge in [0, 0.05) is 13.1 Å². The molecule has 2 aromatic carbocycles. The first kappa shape index (κ1) is 21.1. The van der Waals surface area contributed by atoms with Crippen LogP contribution in [-0.2, 0) is 18.0 Å². The van der Waals surface area contributed by atoms with Crippen LogP contribution >= 0.6 is 0 Å². The van der Waals surface area contributed by atoms with E-state index in [9.17, 15) is 15.0 Å². The fourth-order valence-electron chi connectivity index (χ4n) is 3.94. The number of unbranched alkanes of at least 4 members (excludes halogenated alkanes) is 1. The Hall–Kier alpha value is -2.57. The molecular weight excluding hydrogens is 370 g/mol. The van der Waals surface area contributed by atoms with Gasteiger partial charge in [0.15, 0.2) is 11.5 Å². The van der Waals surface area contributed by atoms with Gasteiger partial charge in [0.25, 0.3) is 0 Å². The zero-order valence-electron chi connectivity index (χ0n) is 17.3. The van der Waals surface area contributed by atoms with Crippen LogP contribution in [0.2, 0.25) is 0 Å². The van der Waals surface area contributed by atoms with Gasteiger partial charge < -0.3 is 24.6 Å². The fourth-order valence-corrected chi connectivity index (χ4v) is 3.94. The van der Waals surface area contributed by atoms with Crippen molar-refractivity contribution >= 4 is 22.3 Å². The van der Waals surface area contributed by atoms with E-state index in [1.54, 1.807) is 14.2 Å². The van der Waals surface area contributed by atoms with Gasteiger partial charge in [0.1, 0.15) is 0 Å². The van der Waals surface area contributed by atoms with E-state index in [4.69, 9.17) is 9.47 Å². The van der Waals surface area contributed by atoms with Gasteiger partial charge in [-0.15, -0.1) is 0 Å². The largest absolute Gasteiger partial charge is 0.493 e. The van der Waals surface area contributed by atoms with Crippen LogP contribution < -0.4 is 9.47 Å². The zero-order valence-corrected chi connectivity index (χ0v) is 17.3. The summed E-state index contributed by atoms with van der Waals surface area (Å²) in [6.07, 6.45) is 4.36. The van der Waals surface area contributed by atoms with Crippen molar-refractivity contribution in [3.8, 4) is 11.5 Å². The molecule has 0 atom stereocenters. The number of benzene rings is 2. The van der Waals surface area contributed by atoms with E-state index in [1.807, 2.05) is 23.1 Å². The Morgan fingerprint density at radius 3 is 2.38 bits per heavy atom. The van der Waals surface area contributed by atoms with Crippen LogP contribution in [0.4, 0.5) is 0 Å². The second-order valence-corrected chi connectivity index (χ2v) is 7.23. The number of carbonyl (C=O) groups excluding carboxylic acids is 1. The smallest absolute Gasteiger partial charge is 0.227 e. The zero-order chi connectivity index (χ0) is 21.0. The minimum Gasteiger partial charge on any atom is -0.493 e. The van der Waals surface area contributed by atoms with Crippen LogP contribution in [0.5, 0.6) is 11.5 Å². The lowest BCUT2D eigenvalue weighted by Crippen LogP contribution is -2.35. The summed E-state index contributed by atoms with van der Waals surface area (Å²) in [5, 5.41) is 21.7. The Morgan fingerprint density at radius 2 is 1.79 bits per heavy atom. The summed E-state index contributed by atoms with van der Waals surface area (Å²) in [7, 11) is 3.15. The first-order valence-electron chi connectivity index (χ1n) is 9.97. The third kappa shape index (κ3) is 4.09. The van der Waals surface area contributed by atoms with Gasteiger partial charge in [-0.2, -0.15) is 0 Å². The number of methoxy groups -OCH3 is 2. The maximum atomic E-state index is 12.7. The molecule has 2 N–H and O–H groups in total. The molecule has 156 valence electrons. The summed E-state index contributed by atoms with van der Waals surface area (Å²) in [6, 6.07) is 5.58. The highest BCUT2D eigenvalue weighted by Gasteiger charge is 2.24. The van der Waals surface area contributed by atoms with E-state index in [1.165, 1.54) is 0 Å². The average molecular weight is 399 g/mol. The highest BCUT2D eigenvalue weighted by atomic mass is 16.5. The summed E-state index contributed by atoms with van der Waals surface area (Å²) < 4.78 is 10.9. The molecule has 1 heterocycles. The van der Waals surface area contributed by atoms with Gasteiger partial charge in [0.2, 0.25) is 5.91 Å². The van der Waals surface area contributed by atoms with E-state index in [0.29, 0.717) is 29.2 Å². The lowest BCUT2D eigenvalue weighted by molar-refractivity contribution is -0.130. The Morgan fingerprint density at radius 1 is 1.07 bits per heavy atom. The monoisotopic (exact) mass is 399 g/mol. The quantitative estimate of drug-likeness (QED) is 0.712. The topological polar surface area (TPSA) is 79.2 Å². The van der Waals surface area contributed by atoms with Crippen molar-refractivity contribution in [3.05, 3.63) is 41.0 Å². The lowest BCUT2D eigenvalue weighted by Gasteiger charge is -2.28. The Balaban J connectivity index is 2.19.